The topological polar surface area (TPSA) is 58.4 Å². The van der Waals surface area contributed by atoms with E-state index in [0.717, 1.165) is 40.3 Å². The molecule has 1 aliphatic rings. The van der Waals surface area contributed by atoms with Gasteiger partial charge in [-0.25, -0.2) is 4.98 Å². The molecule has 3 aromatic rings. The summed E-state index contributed by atoms with van der Waals surface area (Å²) in [5.41, 5.74) is 3.18. The van der Waals surface area contributed by atoms with E-state index in [-0.39, 0.29) is 0 Å². The zero-order valence-electron chi connectivity index (χ0n) is 19.0. The SMILES string of the molecule is CCC.CCCCN1CCC(c2cc(NCc3cccnc3)n3ncc(Br)c3n2)CC1. The Morgan fingerprint density at radius 2 is 1.94 bits per heavy atom. The van der Waals surface area contributed by atoms with Crippen LogP contribution in [0.4, 0.5) is 5.82 Å². The Labute approximate surface area is 194 Å². The van der Waals surface area contributed by atoms with Crippen LogP contribution in [-0.2, 0) is 6.54 Å². The van der Waals surface area contributed by atoms with Crippen LogP contribution in [-0.4, -0.2) is 44.1 Å². The Balaban J connectivity index is 0.000000858. The van der Waals surface area contributed by atoms with Crippen LogP contribution < -0.4 is 5.32 Å². The second-order valence-electron chi connectivity index (χ2n) is 8.19. The Hall–Kier alpha value is -1.99. The predicted molar refractivity (Wildman–Crippen MR) is 132 cm³/mol. The van der Waals surface area contributed by atoms with Gasteiger partial charge in [0.05, 0.1) is 10.7 Å². The lowest BCUT2D eigenvalue weighted by Gasteiger charge is -2.31. The first kappa shape index (κ1) is 23.7. The molecule has 0 unspecified atom stereocenters. The average molecular weight is 487 g/mol. The molecule has 1 aliphatic heterocycles. The van der Waals surface area contributed by atoms with Gasteiger partial charge in [0.1, 0.15) is 5.82 Å². The maximum absolute atomic E-state index is 4.94. The number of anilines is 1. The summed E-state index contributed by atoms with van der Waals surface area (Å²) in [7, 11) is 0. The number of hydrogen-bond donors (Lipinski definition) is 1. The number of aromatic nitrogens is 4. The van der Waals surface area contributed by atoms with Crippen molar-refractivity contribution in [3.63, 3.8) is 0 Å². The minimum absolute atomic E-state index is 0.503. The van der Waals surface area contributed by atoms with Crippen LogP contribution in [0.25, 0.3) is 5.65 Å². The molecule has 0 bridgehead atoms. The van der Waals surface area contributed by atoms with E-state index < -0.39 is 0 Å². The molecular weight excluding hydrogens is 452 g/mol. The fourth-order valence-electron chi connectivity index (χ4n) is 3.82. The quantitative estimate of drug-likeness (QED) is 0.450. The summed E-state index contributed by atoms with van der Waals surface area (Å²) in [6.07, 6.45) is 11.6. The molecule has 6 nitrogen and oxygen atoms in total. The summed E-state index contributed by atoms with van der Waals surface area (Å²) in [5, 5.41) is 8.01. The highest BCUT2D eigenvalue weighted by atomic mass is 79.9. The maximum Gasteiger partial charge on any atom is 0.171 e. The summed E-state index contributed by atoms with van der Waals surface area (Å²) in [5.74, 6) is 1.48. The number of hydrogen-bond acceptors (Lipinski definition) is 5. The number of likely N-dealkylation sites (tertiary alicyclic amines) is 1. The van der Waals surface area contributed by atoms with E-state index in [1.165, 1.54) is 38.6 Å². The van der Waals surface area contributed by atoms with Crippen LogP contribution in [0.3, 0.4) is 0 Å². The van der Waals surface area contributed by atoms with E-state index >= 15 is 0 Å². The van der Waals surface area contributed by atoms with E-state index in [9.17, 15) is 0 Å². The molecule has 0 saturated carbocycles. The zero-order chi connectivity index (χ0) is 22.1. The highest BCUT2D eigenvalue weighted by molar-refractivity contribution is 9.10. The smallest absolute Gasteiger partial charge is 0.171 e. The van der Waals surface area contributed by atoms with Crippen LogP contribution in [0.2, 0.25) is 0 Å². The van der Waals surface area contributed by atoms with Crippen LogP contribution in [0.15, 0.2) is 41.3 Å². The monoisotopic (exact) mass is 486 g/mol. The molecule has 0 aliphatic carbocycles. The molecule has 1 N–H and O–H groups in total. The molecule has 4 rings (SSSR count). The van der Waals surface area contributed by atoms with Gasteiger partial charge in [0, 0.05) is 36.6 Å². The molecular formula is C24H35BrN6. The second kappa shape index (κ2) is 12.2. The number of fused-ring (bicyclic) bond motifs is 1. The minimum Gasteiger partial charge on any atom is -0.366 e. The molecule has 0 spiro atoms. The van der Waals surface area contributed by atoms with Crippen LogP contribution in [0, 0.1) is 0 Å². The third-order valence-electron chi connectivity index (χ3n) is 5.48. The molecule has 0 radical (unpaired) electrons. The van der Waals surface area contributed by atoms with Crippen molar-refractivity contribution in [2.75, 3.05) is 25.0 Å². The number of nitrogens with one attached hydrogen (secondary N) is 1. The van der Waals surface area contributed by atoms with Crippen molar-refractivity contribution >= 4 is 27.4 Å². The summed E-state index contributed by atoms with van der Waals surface area (Å²) < 4.78 is 2.81. The Bertz CT molecular complexity index is 918. The summed E-state index contributed by atoms with van der Waals surface area (Å²) in [6.45, 7) is 10.8. The first-order valence-electron chi connectivity index (χ1n) is 11.6. The number of halogens is 1. The predicted octanol–water partition coefficient (Wildman–Crippen LogP) is 5.89. The number of nitrogens with zero attached hydrogens (tertiary/aromatic N) is 5. The lowest BCUT2D eigenvalue weighted by atomic mass is 9.93. The van der Waals surface area contributed by atoms with E-state index in [0.29, 0.717) is 12.5 Å². The molecule has 0 amide bonds. The first-order chi connectivity index (χ1) is 15.2. The van der Waals surface area contributed by atoms with E-state index in [4.69, 9.17) is 4.98 Å². The lowest BCUT2D eigenvalue weighted by molar-refractivity contribution is 0.208. The van der Waals surface area contributed by atoms with E-state index in [2.05, 4.69) is 69.1 Å². The summed E-state index contributed by atoms with van der Waals surface area (Å²) in [6, 6.07) is 6.21. The highest BCUT2D eigenvalue weighted by Gasteiger charge is 2.23. The van der Waals surface area contributed by atoms with Gasteiger partial charge < -0.3 is 10.2 Å². The van der Waals surface area contributed by atoms with Gasteiger partial charge in [0.15, 0.2) is 5.65 Å². The fourth-order valence-corrected chi connectivity index (χ4v) is 4.17. The second-order valence-corrected chi connectivity index (χ2v) is 9.04. The van der Waals surface area contributed by atoms with E-state index in [1.54, 1.807) is 6.20 Å². The Kier molecular flexibility index (Phi) is 9.28. The zero-order valence-corrected chi connectivity index (χ0v) is 20.6. The van der Waals surface area contributed by atoms with Crippen LogP contribution >= 0.6 is 15.9 Å². The molecule has 31 heavy (non-hydrogen) atoms. The summed E-state index contributed by atoms with van der Waals surface area (Å²) in [4.78, 5) is 11.7. The third-order valence-corrected chi connectivity index (χ3v) is 6.04. The van der Waals surface area contributed by atoms with Crippen molar-refractivity contribution in [3.05, 3.63) is 52.5 Å². The van der Waals surface area contributed by atoms with Gasteiger partial charge in [-0.05, 0) is 66.5 Å². The van der Waals surface area contributed by atoms with Crippen molar-refractivity contribution in [1.82, 2.24) is 24.5 Å². The van der Waals surface area contributed by atoms with Gasteiger partial charge in [-0.1, -0.05) is 39.7 Å². The van der Waals surface area contributed by atoms with Crippen molar-refractivity contribution in [2.45, 2.75) is 65.3 Å². The molecule has 168 valence electrons. The standard InChI is InChI=1S/C21H27BrN6.C3H8/c1-2-3-9-27-10-6-17(7-11-27)19-12-20(24-14-16-5-4-8-23-13-16)28-21(26-19)18(22)15-25-28;1-3-2/h4-5,8,12-13,15,17,24H,2-3,6-7,9-11,14H2,1H3;3H2,1-2H3. The molecule has 7 heteroatoms. The average Bonchev–Trinajstić information content (AvgIpc) is 3.18. The van der Waals surface area contributed by atoms with Gasteiger partial charge in [-0.3, -0.25) is 4.98 Å². The highest BCUT2D eigenvalue weighted by Crippen LogP contribution is 2.30. The lowest BCUT2D eigenvalue weighted by Crippen LogP contribution is -2.33. The van der Waals surface area contributed by atoms with Gasteiger partial charge in [0.25, 0.3) is 0 Å². The van der Waals surface area contributed by atoms with Crippen molar-refractivity contribution in [2.24, 2.45) is 0 Å². The van der Waals surface area contributed by atoms with Gasteiger partial charge in [-0.2, -0.15) is 9.61 Å². The number of rotatable bonds is 7. The molecule has 0 aromatic carbocycles. The minimum atomic E-state index is 0.503. The van der Waals surface area contributed by atoms with Crippen molar-refractivity contribution < 1.29 is 0 Å². The molecule has 0 atom stereocenters. The third kappa shape index (κ3) is 6.50. The van der Waals surface area contributed by atoms with Crippen molar-refractivity contribution in [3.8, 4) is 0 Å². The maximum atomic E-state index is 4.94. The molecule has 1 saturated heterocycles. The van der Waals surface area contributed by atoms with E-state index in [1.807, 2.05) is 23.0 Å². The summed E-state index contributed by atoms with van der Waals surface area (Å²) >= 11 is 3.60. The normalized spacial score (nSPS) is 15.0. The Morgan fingerprint density at radius 1 is 1.16 bits per heavy atom. The molecule has 3 aromatic heterocycles. The number of unbranched alkanes of at least 4 members (excludes halogenated alkanes) is 1. The Morgan fingerprint density at radius 3 is 2.61 bits per heavy atom. The molecule has 4 heterocycles. The van der Waals surface area contributed by atoms with Crippen LogP contribution in [0.5, 0.6) is 0 Å². The fraction of sp³-hybridized carbons (Fsp3) is 0.542. The van der Waals surface area contributed by atoms with Crippen LogP contribution in [0.1, 0.15) is 70.1 Å². The van der Waals surface area contributed by atoms with Gasteiger partial charge in [-0.15, -0.1) is 0 Å². The largest absolute Gasteiger partial charge is 0.366 e. The van der Waals surface area contributed by atoms with Gasteiger partial charge in [0.2, 0.25) is 0 Å². The first-order valence-corrected chi connectivity index (χ1v) is 12.3. The number of piperidine rings is 1. The van der Waals surface area contributed by atoms with Crippen molar-refractivity contribution in [1.29, 1.82) is 0 Å². The molecule has 1 fully saturated rings. The number of pyridine rings is 1. The van der Waals surface area contributed by atoms with Gasteiger partial charge >= 0.3 is 0 Å².